The monoisotopic (exact) mass is 682 g/mol. The molecule has 0 aliphatic carbocycles. The highest BCUT2D eigenvalue weighted by molar-refractivity contribution is 6.04. The number of piperazine rings is 1. The number of terminal acetylenes is 1. The lowest BCUT2D eigenvalue weighted by Gasteiger charge is -2.35. The van der Waals surface area contributed by atoms with E-state index in [-0.39, 0.29) is 69.3 Å². The molecule has 0 saturated carbocycles. The number of nitrogens with one attached hydrogen (secondary N) is 1. The number of pyridine rings is 1. The molecule has 2 bridgehead atoms. The minimum Gasteiger partial charge on any atom is -0.508 e. The predicted molar refractivity (Wildman–Crippen MR) is 184 cm³/mol. The Hall–Kier alpha value is -4.62. The minimum atomic E-state index is -1.43. The van der Waals surface area contributed by atoms with Crippen molar-refractivity contribution in [2.24, 2.45) is 0 Å². The molecule has 4 atom stereocenters. The van der Waals surface area contributed by atoms with E-state index in [4.69, 9.17) is 21.1 Å². The number of alkyl halides is 1. The van der Waals surface area contributed by atoms with Crippen molar-refractivity contribution in [2.75, 3.05) is 37.7 Å². The van der Waals surface area contributed by atoms with Gasteiger partial charge >= 0.3 is 6.01 Å². The molecule has 4 saturated heterocycles. The summed E-state index contributed by atoms with van der Waals surface area (Å²) in [6.45, 7) is 5.49. The first-order valence-electron chi connectivity index (χ1n) is 17.0. The van der Waals surface area contributed by atoms with Crippen molar-refractivity contribution in [3.63, 3.8) is 0 Å². The molecule has 4 fully saturated rings. The Balaban J connectivity index is 1.37. The normalized spacial score (nSPS) is 24.7. The number of aliphatic hydroxyl groups is 1. The van der Waals surface area contributed by atoms with Gasteiger partial charge in [0.1, 0.15) is 52.7 Å². The lowest BCUT2D eigenvalue weighted by molar-refractivity contribution is 0.107. The van der Waals surface area contributed by atoms with Crippen molar-refractivity contribution in [3.8, 4) is 47.2 Å². The highest BCUT2D eigenvalue weighted by Gasteiger charge is 2.49. The second-order valence-electron chi connectivity index (χ2n) is 14.6. The average molecular weight is 683 g/mol. The third-order valence-corrected chi connectivity index (χ3v) is 10.4. The second-order valence-corrected chi connectivity index (χ2v) is 14.6. The van der Waals surface area contributed by atoms with Gasteiger partial charge in [-0.2, -0.15) is 9.97 Å². The summed E-state index contributed by atoms with van der Waals surface area (Å²) in [5.41, 5.74) is -2.33. The van der Waals surface area contributed by atoms with Crippen molar-refractivity contribution in [1.29, 1.82) is 0 Å². The third kappa shape index (κ3) is 5.65. The summed E-state index contributed by atoms with van der Waals surface area (Å²) in [5.74, 6) is 6.73. The molecule has 9 nitrogen and oxygen atoms in total. The molecule has 4 aliphatic rings. The van der Waals surface area contributed by atoms with Gasteiger partial charge in [0.15, 0.2) is 5.82 Å². The molecule has 0 unspecified atom stereocenters. The van der Waals surface area contributed by atoms with Crippen molar-refractivity contribution < 1.29 is 28.1 Å². The molecular weight excluding hydrogens is 645 g/mol. The quantitative estimate of drug-likeness (QED) is 0.256. The molecule has 0 amide bonds. The number of aromatic nitrogens is 3. The fourth-order valence-electron chi connectivity index (χ4n) is 8.28. The third-order valence-electron chi connectivity index (χ3n) is 10.4. The molecule has 0 radical (unpaired) electrons. The van der Waals surface area contributed by atoms with Crippen molar-refractivity contribution in [3.05, 3.63) is 47.2 Å². The van der Waals surface area contributed by atoms with E-state index in [1.165, 1.54) is 38.1 Å². The van der Waals surface area contributed by atoms with Gasteiger partial charge in [-0.3, -0.25) is 4.90 Å². The molecule has 4 aromatic rings. The van der Waals surface area contributed by atoms with E-state index in [1.807, 2.05) is 0 Å². The summed E-state index contributed by atoms with van der Waals surface area (Å²) in [6, 6.07) is 5.66. The highest BCUT2D eigenvalue weighted by Crippen LogP contribution is 2.42. The van der Waals surface area contributed by atoms with Crippen LogP contribution in [0, 0.1) is 35.8 Å². The number of hydrogen-bond donors (Lipinski definition) is 3. The molecular formula is C38H37F3N6O3. The maximum Gasteiger partial charge on any atom is 0.319 e. The van der Waals surface area contributed by atoms with Gasteiger partial charge in [-0.25, -0.2) is 18.2 Å². The molecule has 12 heteroatoms. The molecule has 8 rings (SSSR count). The minimum absolute atomic E-state index is 0.0430. The lowest BCUT2D eigenvalue weighted by Crippen LogP contribution is -2.51. The molecule has 3 N–H and O–H groups in total. The van der Waals surface area contributed by atoms with Gasteiger partial charge in [0.05, 0.1) is 16.5 Å². The summed E-state index contributed by atoms with van der Waals surface area (Å²) in [5, 5.41) is 25.7. The number of phenolic OH excluding ortho intramolecular Hbond substituents is 1. The van der Waals surface area contributed by atoms with Crippen molar-refractivity contribution in [1.82, 2.24) is 25.2 Å². The van der Waals surface area contributed by atoms with Crippen LogP contribution in [0.1, 0.15) is 57.2 Å². The number of hydrogen-bond acceptors (Lipinski definition) is 9. The van der Waals surface area contributed by atoms with Gasteiger partial charge in [0, 0.05) is 49.1 Å². The number of rotatable bonds is 5. The lowest BCUT2D eigenvalue weighted by atomic mass is 9.95. The zero-order valence-electron chi connectivity index (χ0n) is 27.9. The van der Waals surface area contributed by atoms with Crippen molar-refractivity contribution >= 4 is 27.5 Å². The number of anilines is 1. The van der Waals surface area contributed by atoms with Crippen LogP contribution in [0.4, 0.5) is 19.0 Å². The fraction of sp³-hybridized carbons (Fsp3) is 0.447. The first-order chi connectivity index (χ1) is 23.9. The maximum atomic E-state index is 17.3. The smallest absolute Gasteiger partial charge is 0.319 e. The number of phenols is 1. The number of ether oxygens (including phenoxy) is 1. The van der Waals surface area contributed by atoms with E-state index < -0.39 is 28.9 Å². The molecule has 0 spiro atoms. The van der Waals surface area contributed by atoms with Crippen LogP contribution in [0.25, 0.3) is 32.9 Å². The van der Waals surface area contributed by atoms with Crippen LogP contribution in [-0.2, 0) is 0 Å². The van der Waals surface area contributed by atoms with Crippen LogP contribution >= 0.6 is 0 Å². The Morgan fingerprint density at radius 1 is 1.10 bits per heavy atom. The summed E-state index contributed by atoms with van der Waals surface area (Å²) in [4.78, 5) is 18.4. The summed E-state index contributed by atoms with van der Waals surface area (Å²) < 4.78 is 53.3. The molecule has 2 aromatic heterocycles. The van der Waals surface area contributed by atoms with Crippen LogP contribution in [0.5, 0.6) is 11.8 Å². The molecule has 2 aromatic carbocycles. The Bertz CT molecular complexity index is 2140. The number of fused-ring (bicyclic) bond motifs is 5. The summed E-state index contributed by atoms with van der Waals surface area (Å²) >= 11 is 0. The Kier molecular flexibility index (Phi) is 7.83. The SMILES string of the molecule is C#Cc1c(F)ccc2cc(O)cc(-c3nc(C#CC(C)(C)O)c4c(N5C[C@H]6CC[C@@H](C5)N6)nc(OC[C@@]56CCCN5C[C@H](F)C6)nc4c3F)c12. The van der Waals surface area contributed by atoms with Crippen molar-refractivity contribution in [2.45, 2.75) is 75.3 Å². The second kappa shape index (κ2) is 12.0. The van der Waals surface area contributed by atoms with Gasteiger partial charge in [0.25, 0.3) is 0 Å². The van der Waals surface area contributed by atoms with Crippen LogP contribution in [0.15, 0.2) is 24.3 Å². The van der Waals surface area contributed by atoms with E-state index in [9.17, 15) is 14.6 Å². The van der Waals surface area contributed by atoms with E-state index in [2.05, 4.69) is 37.9 Å². The first kappa shape index (κ1) is 32.6. The number of halogens is 3. The standard InChI is InChI=1S/C38H37F3N6O3/c1-4-26-28(40)9-6-21-14-25(48)15-27(30(21)26)33-32(41)34-31(29(43-33)10-12-37(2,3)49)35(46-18-23-7-8-24(19-46)42-23)45-36(44-34)50-20-38-11-5-13-47(38)17-22(39)16-38/h1,6,9,14-15,22-24,42,48-49H,5,7-8,11,13,16-20H2,2-3H3/t22-,23-,24+,38+/m1/s1. The van der Waals surface area contributed by atoms with Crippen LogP contribution in [-0.4, -0.2) is 92.2 Å². The van der Waals surface area contributed by atoms with Gasteiger partial charge in [-0.05, 0) is 75.6 Å². The Morgan fingerprint density at radius 2 is 1.88 bits per heavy atom. The van der Waals surface area contributed by atoms with Gasteiger partial charge in [0.2, 0.25) is 0 Å². The van der Waals surface area contributed by atoms with E-state index in [1.54, 1.807) is 0 Å². The number of benzene rings is 2. The van der Waals surface area contributed by atoms with Crippen LogP contribution in [0.3, 0.4) is 0 Å². The summed E-state index contributed by atoms with van der Waals surface area (Å²) in [6.07, 6.45) is 8.79. The van der Waals surface area contributed by atoms with Gasteiger partial charge in [-0.1, -0.05) is 17.9 Å². The molecule has 4 aliphatic heterocycles. The molecule has 258 valence electrons. The molecule has 50 heavy (non-hydrogen) atoms. The Labute approximate surface area is 287 Å². The predicted octanol–water partition coefficient (Wildman–Crippen LogP) is 4.83. The van der Waals surface area contributed by atoms with Gasteiger partial charge < -0.3 is 25.2 Å². The Morgan fingerprint density at radius 3 is 2.62 bits per heavy atom. The highest BCUT2D eigenvalue weighted by atomic mass is 19.1. The molecule has 6 heterocycles. The van der Waals surface area contributed by atoms with Gasteiger partial charge in [-0.15, -0.1) is 6.42 Å². The van der Waals surface area contributed by atoms with Crippen LogP contribution < -0.4 is 15.0 Å². The zero-order chi connectivity index (χ0) is 34.9. The average Bonchev–Trinajstić information content (AvgIpc) is 3.72. The largest absolute Gasteiger partial charge is 0.508 e. The zero-order valence-corrected chi connectivity index (χ0v) is 27.9. The van der Waals surface area contributed by atoms with E-state index in [0.29, 0.717) is 37.3 Å². The topological polar surface area (TPSA) is 107 Å². The maximum absolute atomic E-state index is 17.3. The fourth-order valence-corrected chi connectivity index (χ4v) is 8.28. The van der Waals surface area contributed by atoms with E-state index in [0.717, 1.165) is 32.2 Å². The first-order valence-corrected chi connectivity index (χ1v) is 17.0. The van der Waals surface area contributed by atoms with E-state index >= 15 is 8.78 Å². The number of aromatic hydroxyl groups is 1. The van der Waals surface area contributed by atoms with Crippen LogP contribution in [0.2, 0.25) is 0 Å². The number of nitrogens with zero attached hydrogens (tertiary/aromatic N) is 5. The summed E-state index contributed by atoms with van der Waals surface area (Å²) in [7, 11) is 0.